The Bertz CT molecular complexity index is 209. The zero-order valence-corrected chi connectivity index (χ0v) is 11.4. The third-order valence-corrected chi connectivity index (χ3v) is 3.95. The number of carbonyl (C=O) groups is 1. The first-order valence-electron chi connectivity index (χ1n) is 5.69. The van der Waals surface area contributed by atoms with Crippen LogP contribution in [0, 0.1) is 11.8 Å². The molecule has 0 spiro atoms. The van der Waals surface area contributed by atoms with Gasteiger partial charge in [0.15, 0.2) is 0 Å². The van der Waals surface area contributed by atoms with Crippen LogP contribution in [0.1, 0.15) is 41.0 Å². The highest BCUT2D eigenvalue weighted by atomic mass is 32.2. The van der Waals surface area contributed by atoms with Crippen molar-refractivity contribution in [1.29, 1.82) is 0 Å². The first-order chi connectivity index (χ1) is 6.88. The fourth-order valence-corrected chi connectivity index (χ4v) is 2.55. The van der Waals surface area contributed by atoms with Crippen LogP contribution >= 0.6 is 11.8 Å². The van der Waals surface area contributed by atoms with Gasteiger partial charge in [-0.3, -0.25) is 4.79 Å². The van der Waals surface area contributed by atoms with Gasteiger partial charge >= 0.3 is 0 Å². The molecular formula is C13H24OS. The highest BCUT2D eigenvalue weighted by Crippen LogP contribution is 2.27. The van der Waals surface area contributed by atoms with E-state index in [2.05, 4.69) is 41.2 Å². The maximum atomic E-state index is 12.0. The van der Waals surface area contributed by atoms with Gasteiger partial charge in [-0.2, -0.15) is 0 Å². The monoisotopic (exact) mass is 228 g/mol. The largest absolute Gasteiger partial charge is 0.298 e. The van der Waals surface area contributed by atoms with E-state index in [0.29, 0.717) is 29.3 Å². The topological polar surface area (TPSA) is 17.1 Å². The molecule has 0 aromatic carbocycles. The molecule has 0 aliphatic heterocycles. The van der Waals surface area contributed by atoms with Crippen LogP contribution in [0.5, 0.6) is 0 Å². The van der Waals surface area contributed by atoms with Crippen molar-refractivity contribution in [1.82, 2.24) is 0 Å². The van der Waals surface area contributed by atoms with E-state index in [0.717, 1.165) is 0 Å². The number of hydrogen-bond acceptors (Lipinski definition) is 2. The SMILES string of the molecule is C=CC(C)SC(C(=O)CC(C)C)C(C)C. The molecule has 15 heavy (non-hydrogen) atoms. The number of carbonyl (C=O) groups excluding carboxylic acids is 1. The number of hydrogen-bond donors (Lipinski definition) is 0. The zero-order valence-electron chi connectivity index (χ0n) is 10.6. The van der Waals surface area contributed by atoms with E-state index in [4.69, 9.17) is 0 Å². The Hall–Kier alpha value is -0.240. The molecule has 0 saturated carbocycles. The van der Waals surface area contributed by atoms with Crippen molar-refractivity contribution < 1.29 is 4.79 Å². The maximum absolute atomic E-state index is 12.0. The predicted molar refractivity (Wildman–Crippen MR) is 70.3 cm³/mol. The summed E-state index contributed by atoms with van der Waals surface area (Å²) in [5, 5.41) is 0.480. The number of thioether (sulfide) groups is 1. The molecule has 0 heterocycles. The minimum absolute atomic E-state index is 0.125. The lowest BCUT2D eigenvalue weighted by Crippen LogP contribution is -2.26. The average Bonchev–Trinajstić information content (AvgIpc) is 2.11. The minimum atomic E-state index is 0.125. The van der Waals surface area contributed by atoms with E-state index in [1.54, 1.807) is 11.8 Å². The standard InChI is InChI=1S/C13H24OS/c1-7-11(6)15-13(10(4)5)12(14)8-9(2)3/h7,9-11,13H,1,8H2,2-6H3. The van der Waals surface area contributed by atoms with Gasteiger partial charge in [-0.1, -0.05) is 33.8 Å². The summed E-state index contributed by atoms with van der Waals surface area (Å²) >= 11 is 1.74. The molecular weight excluding hydrogens is 204 g/mol. The molecule has 2 unspecified atom stereocenters. The van der Waals surface area contributed by atoms with Crippen molar-refractivity contribution >= 4 is 17.5 Å². The van der Waals surface area contributed by atoms with Crippen molar-refractivity contribution in [3.8, 4) is 0 Å². The lowest BCUT2D eigenvalue weighted by molar-refractivity contribution is -0.119. The highest BCUT2D eigenvalue weighted by molar-refractivity contribution is 8.01. The first-order valence-corrected chi connectivity index (χ1v) is 6.63. The van der Waals surface area contributed by atoms with Gasteiger partial charge in [-0.15, -0.1) is 18.3 Å². The van der Waals surface area contributed by atoms with E-state index in [9.17, 15) is 4.79 Å². The van der Waals surface area contributed by atoms with Crippen LogP contribution in [0.15, 0.2) is 12.7 Å². The van der Waals surface area contributed by atoms with Crippen molar-refractivity contribution in [3.63, 3.8) is 0 Å². The number of Topliss-reactive ketones (excluding diaryl/α,β-unsaturated/α-hetero) is 1. The van der Waals surface area contributed by atoms with Crippen LogP contribution in [0.4, 0.5) is 0 Å². The van der Waals surface area contributed by atoms with E-state index in [1.807, 2.05) is 6.08 Å². The lowest BCUT2D eigenvalue weighted by Gasteiger charge is -2.22. The molecule has 0 aliphatic rings. The summed E-state index contributed by atoms with van der Waals surface area (Å²) in [5.41, 5.74) is 0. The summed E-state index contributed by atoms with van der Waals surface area (Å²) in [7, 11) is 0. The van der Waals surface area contributed by atoms with Crippen LogP contribution in [0.3, 0.4) is 0 Å². The van der Waals surface area contributed by atoms with Crippen molar-refractivity contribution in [2.45, 2.75) is 51.5 Å². The van der Waals surface area contributed by atoms with E-state index in [-0.39, 0.29) is 5.25 Å². The molecule has 88 valence electrons. The van der Waals surface area contributed by atoms with Gasteiger partial charge in [-0.05, 0) is 18.8 Å². The molecule has 0 saturated heterocycles. The van der Waals surface area contributed by atoms with Crippen LogP contribution in [-0.2, 0) is 4.79 Å². The van der Waals surface area contributed by atoms with Gasteiger partial charge in [-0.25, -0.2) is 0 Å². The Kier molecular flexibility index (Phi) is 6.99. The predicted octanol–water partition coefficient (Wildman–Crippen LogP) is 3.93. The molecule has 0 bridgehead atoms. The van der Waals surface area contributed by atoms with E-state index >= 15 is 0 Å². The molecule has 1 nitrogen and oxygen atoms in total. The third kappa shape index (κ3) is 6.03. The maximum Gasteiger partial charge on any atom is 0.146 e. The van der Waals surface area contributed by atoms with Gasteiger partial charge in [0.2, 0.25) is 0 Å². The summed E-state index contributed by atoms with van der Waals surface area (Å²) in [6.07, 6.45) is 2.60. The molecule has 0 N–H and O–H groups in total. The van der Waals surface area contributed by atoms with Gasteiger partial charge < -0.3 is 0 Å². The van der Waals surface area contributed by atoms with Gasteiger partial charge in [0.25, 0.3) is 0 Å². The summed E-state index contributed by atoms with van der Waals surface area (Å²) in [6.45, 7) is 14.3. The second-order valence-electron chi connectivity index (χ2n) is 4.81. The molecule has 0 aromatic rings. The third-order valence-electron chi connectivity index (χ3n) is 2.23. The molecule has 0 aliphatic carbocycles. The summed E-state index contributed by atoms with van der Waals surface area (Å²) < 4.78 is 0. The Labute approximate surface area is 98.7 Å². The Balaban J connectivity index is 4.38. The van der Waals surface area contributed by atoms with Crippen molar-refractivity contribution in [3.05, 3.63) is 12.7 Å². The van der Waals surface area contributed by atoms with Crippen LogP contribution < -0.4 is 0 Å². The summed E-state index contributed by atoms with van der Waals surface area (Å²) in [5.74, 6) is 1.25. The van der Waals surface area contributed by atoms with Crippen LogP contribution in [0.25, 0.3) is 0 Å². The Morgan fingerprint density at radius 2 is 1.80 bits per heavy atom. The van der Waals surface area contributed by atoms with Crippen molar-refractivity contribution in [2.24, 2.45) is 11.8 Å². The molecule has 2 atom stereocenters. The van der Waals surface area contributed by atoms with Gasteiger partial charge in [0, 0.05) is 11.7 Å². The molecule has 0 aromatic heterocycles. The summed E-state index contributed by atoms with van der Waals surface area (Å²) in [6, 6.07) is 0. The quantitative estimate of drug-likeness (QED) is 0.614. The summed E-state index contributed by atoms with van der Waals surface area (Å²) in [4.78, 5) is 12.0. The van der Waals surface area contributed by atoms with E-state index < -0.39 is 0 Å². The fraction of sp³-hybridized carbons (Fsp3) is 0.769. The molecule has 0 radical (unpaired) electrons. The van der Waals surface area contributed by atoms with Crippen LogP contribution in [-0.4, -0.2) is 16.3 Å². The molecule has 0 amide bonds. The second-order valence-corrected chi connectivity index (χ2v) is 6.33. The smallest absolute Gasteiger partial charge is 0.146 e. The molecule has 0 fully saturated rings. The van der Waals surface area contributed by atoms with E-state index in [1.165, 1.54) is 0 Å². The Morgan fingerprint density at radius 3 is 2.13 bits per heavy atom. The van der Waals surface area contributed by atoms with Gasteiger partial charge in [0.1, 0.15) is 5.78 Å². The van der Waals surface area contributed by atoms with Gasteiger partial charge in [0.05, 0.1) is 5.25 Å². The molecule has 0 rings (SSSR count). The second kappa shape index (κ2) is 7.10. The lowest BCUT2D eigenvalue weighted by atomic mass is 9.99. The normalized spacial score (nSPS) is 15.4. The zero-order chi connectivity index (χ0) is 12.0. The molecule has 2 heteroatoms. The minimum Gasteiger partial charge on any atom is -0.298 e. The Morgan fingerprint density at radius 1 is 1.27 bits per heavy atom. The van der Waals surface area contributed by atoms with Crippen LogP contribution in [0.2, 0.25) is 0 Å². The number of ketones is 1. The fourth-order valence-electron chi connectivity index (χ4n) is 1.41. The van der Waals surface area contributed by atoms with Crippen molar-refractivity contribution in [2.75, 3.05) is 0 Å². The highest BCUT2D eigenvalue weighted by Gasteiger charge is 2.24. The number of rotatable bonds is 7. The first kappa shape index (κ1) is 14.8. The average molecular weight is 228 g/mol.